The van der Waals surface area contributed by atoms with Crippen LogP contribution in [0.25, 0.3) is 0 Å². The molecular weight excluding hydrogens is 362 g/mol. The van der Waals surface area contributed by atoms with Crippen molar-refractivity contribution in [2.24, 2.45) is 0 Å². The highest BCUT2D eigenvalue weighted by molar-refractivity contribution is 7.91. The van der Waals surface area contributed by atoms with Gasteiger partial charge in [0.1, 0.15) is 4.90 Å². The van der Waals surface area contributed by atoms with Gasteiger partial charge >= 0.3 is 0 Å². The van der Waals surface area contributed by atoms with Crippen LogP contribution in [-0.4, -0.2) is 14.3 Å². The SMILES string of the molecule is O=C1C[C@@H](c2ccsc2)c2scc(S(=O)(=O)c3ccccc3)c2N1. The molecule has 122 valence electrons. The highest BCUT2D eigenvalue weighted by Gasteiger charge is 2.34. The van der Waals surface area contributed by atoms with E-state index >= 15 is 0 Å². The third kappa shape index (κ3) is 2.49. The maximum atomic E-state index is 12.9. The fourth-order valence-corrected chi connectivity index (χ4v) is 6.51. The van der Waals surface area contributed by atoms with Crippen LogP contribution < -0.4 is 5.32 Å². The molecular formula is C17H13NO3S3. The van der Waals surface area contributed by atoms with E-state index in [0.717, 1.165) is 10.4 Å². The number of thiophene rings is 2. The second-order valence-electron chi connectivity index (χ2n) is 5.52. The molecule has 0 radical (unpaired) electrons. The van der Waals surface area contributed by atoms with E-state index in [9.17, 15) is 13.2 Å². The minimum absolute atomic E-state index is 0.0790. The number of nitrogens with one attached hydrogen (secondary N) is 1. The van der Waals surface area contributed by atoms with Crippen LogP contribution >= 0.6 is 22.7 Å². The fourth-order valence-electron chi connectivity index (χ4n) is 2.87. The zero-order chi connectivity index (χ0) is 16.7. The van der Waals surface area contributed by atoms with Gasteiger partial charge in [0.05, 0.1) is 10.6 Å². The molecule has 0 saturated carbocycles. The first kappa shape index (κ1) is 15.6. The van der Waals surface area contributed by atoms with Crippen molar-refractivity contribution in [2.75, 3.05) is 5.32 Å². The number of hydrogen-bond donors (Lipinski definition) is 1. The molecule has 4 rings (SSSR count). The number of anilines is 1. The summed E-state index contributed by atoms with van der Waals surface area (Å²) in [6, 6.07) is 10.3. The van der Waals surface area contributed by atoms with Gasteiger partial charge < -0.3 is 5.32 Å². The summed E-state index contributed by atoms with van der Waals surface area (Å²) >= 11 is 2.97. The summed E-state index contributed by atoms with van der Waals surface area (Å²) in [5.41, 5.74) is 1.50. The predicted molar refractivity (Wildman–Crippen MR) is 95.6 cm³/mol. The van der Waals surface area contributed by atoms with E-state index in [4.69, 9.17) is 0 Å². The summed E-state index contributed by atoms with van der Waals surface area (Å²) in [6.45, 7) is 0. The van der Waals surface area contributed by atoms with E-state index in [-0.39, 0.29) is 21.6 Å². The fraction of sp³-hybridized carbons (Fsp3) is 0.118. The minimum atomic E-state index is -3.65. The zero-order valence-electron chi connectivity index (χ0n) is 12.4. The van der Waals surface area contributed by atoms with Crippen molar-refractivity contribution in [1.82, 2.24) is 0 Å². The highest BCUT2D eigenvalue weighted by atomic mass is 32.2. The van der Waals surface area contributed by atoms with Gasteiger partial charge in [0.2, 0.25) is 15.7 Å². The number of sulfone groups is 1. The molecule has 1 aromatic carbocycles. The third-order valence-corrected chi connectivity index (χ3v) is 7.79. The van der Waals surface area contributed by atoms with Gasteiger partial charge in [-0.3, -0.25) is 4.79 Å². The lowest BCUT2D eigenvalue weighted by atomic mass is 9.93. The third-order valence-electron chi connectivity index (χ3n) is 4.04. The van der Waals surface area contributed by atoms with E-state index in [1.807, 2.05) is 16.8 Å². The van der Waals surface area contributed by atoms with E-state index in [2.05, 4.69) is 5.32 Å². The first-order valence-corrected chi connectivity index (χ1v) is 10.6. The van der Waals surface area contributed by atoms with Crippen LogP contribution in [0.2, 0.25) is 0 Å². The van der Waals surface area contributed by atoms with Crippen LogP contribution in [-0.2, 0) is 14.6 Å². The standard InChI is InChI=1S/C17H13NO3S3/c19-15-8-13(11-6-7-22-9-11)17-16(18-15)14(10-23-17)24(20,21)12-4-2-1-3-5-12/h1-7,9-10,13H,8H2,(H,18,19)/t13-/m0/s1. The van der Waals surface area contributed by atoms with Crippen LogP contribution in [0.4, 0.5) is 5.69 Å². The van der Waals surface area contributed by atoms with Crippen LogP contribution in [0, 0.1) is 0 Å². The predicted octanol–water partition coefficient (Wildman–Crippen LogP) is 4.12. The number of amides is 1. The van der Waals surface area contributed by atoms with Crippen molar-refractivity contribution in [3.05, 3.63) is 63.0 Å². The zero-order valence-corrected chi connectivity index (χ0v) is 14.9. The molecule has 4 nitrogen and oxygen atoms in total. The van der Waals surface area contributed by atoms with E-state index < -0.39 is 9.84 Å². The molecule has 3 aromatic rings. The average Bonchev–Trinajstić information content (AvgIpc) is 3.24. The second kappa shape index (κ2) is 5.84. The average molecular weight is 375 g/mol. The van der Waals surface area contributed by atoms with Crippen molar-refractivity contribution in [1.29, 1.82) is 0 Å². The van der Waals surface area contributed by atoms with E-state index in [0.29, 0.717) is 12.1 Å². The molecule has 0 unspecified atom stereocenters. The Morgan fingerprint density at radius 2 is 1.88 bits per heavy atom. The number of rotatable bonds is 3. The minimum Gasteiger partial charge on any atom is -0.324 e. The van der Waals surface area contributed by atoms with Crippen LogP contribution in [0.15, 0.2) is 62.3 Å². The number of fused-ring (bicyclic) bond motifs is 1. The highest BCUT2D eigenvalue weighted by Crippen LogP contribution is 2.46. The van der Waals surface area contributed by atoms with Gasteiger partial charge in [-0.1, -0.05) is 18.2 Å². The molecule has 0 bridgehead atoms. The van der Waals surface area contributed by atoms with Crippen molar-refractivity contribution >= 4 is 44.1 Å². The number of benzene rings is 1. The smallest absolute Gasteiger partial charge is 0.225 e. The Hall–Kier alpha value is -1.96. The Bertz CT molecular complexity index is 989. The van der Waals surface area contributed by atoms with Gasteiger partial charge in [0.25, 0.3) is 0 Å². The van der Waals surface area contributed by atoms with Gasteiger partial charge in [-0.15, -0.1) is 11.3 Å². The normalized spacial score (nSPS) is 17.3. The summed E-state index contributed by atoms with van der Waals surface area (Å²) < 4.78 is 25.8. The van der Waals surface area contributed by atoms with Crippen molar-refractivity contribution in [3.63, 3.8) is 0 Å². The number of carbonyl (C=O) groups is 1. The molecule has 1 N–H and O–H groups in total. The Morgan fingerprint density at radius 3 is 2.58 bits per heavy atom. The maximum Gasteiger partial charge on any atom is 0.225 e. The summed E-state index contributed by atoms with van der Waals surface area (Å²) in [5, 5.41) is 8.39. The Kier molecular flexibility index (Phi) is 3.79. The van der Waals surface area contributed by atoms with Gasteiger partial charge in [-0.25, -0.2) is 8.42 Å². The Morgan fingerprint density at radius 1 is 1.08 bits per heavy atom. The van der Waals surface area contributed by atoms with Crippen molar-refractivity contribution in [2.45, 2.75) is 22.1 Å². The molecule has 1 aliphatic heterocycles. The first-order valence-electron chi connectivity index (χ1n) is 7.31. The molecule has 3 heterocycles. The van der Waals surface area contributed by atoms with Gasteiger partial charge in [-0.2, -0.15) is 11.3 Å². The molecule has 0 spiro atoms. The Balaban J connectivity index is 1.85. The summed E-state index contributed by atoms with van der Waals surface area (Å²) in [5.74, 6) is -0.230. The largest absolute Gasteiger partial charge is 0.324 e. The van der Waals surface area contributed by atoms with Gasteiger partial charge in [-0.05, 0) is 34.5 Å². The molecule has 1 atom stereocenters. The van der Waals surface area contributed by atoms with Crippen LogP contribution in [0.1, 0.15) is 22.8 Å². The molecule has 1 aliphatic rings. The molecule has 2 aromatic heterocycles. The van der Waals surface area contributed by atoms with Gasteiger partial charge in [0.15, 0.2) is 0 Å². The maximum absolute atomic E-state index is 12.9. The van der Waals surface area contributed by atoms with E-state index in [1.165, 1.54) is 11.3 Å². The quantitative estimate of drug-likeness (QED) is 0.749. The van der Waals surface area contributed by atoms with Crippen molar-refractivity contribution in [3.8, 4) is 0 Å². The second-order valence-corrected chi connectivity index (χ2v) is 9.13. The summed E-state index contributed by atoms with van der Waals surface area (Å²) in [7, 11) is -3.65. The molecule has 0 fully saturated rings. The first-order chi connectivity index (χ1) is 11.6. The van der Waals surface area contributed by atoms with Crippen molar-refractivity contribution < 1.29 is 13.2 Å². The topological polar surface area (TPSA) is 63.2 Å². The molecule has 0 aliphatic carbocycles. The Labute approximate surface area is 147 Å². The van der Waals surface area contributed by atoms with Crippen LogP contribution in [0.3, 0.4) is 0 Å². The number of hydrogen-bond acceptors (Lipinski definition) is 5. The summed E-state index contributed by atoms with van der Waals surface area (Å²) in [6.07, 6.45) is 0.342. The molecule has 0 saturated heterocycles. The lowest BCUT2D eigenvalue weighted by Crippen LogP contribution is -2.23. The summed E-state index contributed by atoms with van der Waals surface area (Å²) in [4.78, 5) is 13.5. The lowest BCUT2D eigenvalue weighted by molar-refractivity contribution is -0.116. The molecule has 24 heavy (non-hydrogen) atoms. The van der Waals surface area contributed by atoms with Crippen LogP contribution in [0.5, 0.6) is 0 Å². The molecule has 1 amide bonds. The van der Waals surface area contributed by atoms with E-state index in [1.54, 1.807) is 47.0 Å². The number of carbonyl (C=O) groups excluding carboxylic acids is 1. The lowest BCUT2D eigenvalue weighted by Gasteiger charge is -2.22. The van der Waals surface area contributed by atoms with Gasteiger partial charge in [0, 0.05) is 22.6 Å². The molecule has 7 heteroatoms. The monoisotopic (exact) mass is 375 g/mol.